The zero-order valence-electron chi connectivity index (χ0n) is 16.3. The van der Waals surface area contributed by atoms with Crippen LogP contribution < -0.4 is 5.32 Å². The SMILES string of the molecule is CC(C)n1c2ccccc2c2c1cc(C(=O)NC[C@H]1CCCO1)n2S(C)(=O)=O. The smallest absolute Gasteiger partial charge is 0.269 e. The van der Waals surface area contributed by atoms with Crippen LogP contribution in [0.15, 0.2) is 30.3 Å². The van der Waals surface area contributed by atoms with E-state index < -0.39 is 15.9 Å². The van der Waals surface area contributed by atoms with Gasteiger partial charge < -0.3 is 14.6 Å². The number of para-hydroxylation sites is 1. The molecule has 4 rings (SSSR count). The Morgan fingerprint density at radius 1 is 1.29 bits per heavy atom. The molecule has 0 aliphatic carbocycles. The molecule has 0 bridgehead atoms. The molecule has 7 nitrogen and oxygen atoms in total. The van der Waals surface area contributed by atoms with Gasteiger partial charge in [0, 0.05) is 24.6 Å². The summed E-state index contributed by atoms with van der Waals surface area (Å²) < 4.78 is 34.1. The van der Waals surface area contributed by atoms with Gasteiger partial charge in [0.05, 0.1) is 28.9 Å². The first-order chi connectivity index (χ1) is 13.3. The highest BCUT2D eigenvalue weighted by atomic mass is 32.2. The first kappa shape index (κ1) is 19.0. The van der Waals surface area contributed by atoms with Crippen molar-refractivity contribution in [2.75, 3.05) is 19.4 Å². The lowest BCUT2D eigenvalue weighted by molar-refractivity contribution is 0.0853. The van der Waals surface area contributed by atoms with Crippen LogP contribution in [0.25, 0.3) is 21.9 Å². The predicted octanol–water partition coefficient (Wildman–Crippen LogP) is 2.89. The van der Waals surface area contributed by atoms with Crippen LogP contribution in [-0.2, 0) is 14.8 Å². The third kappa shape index (κ3) is 3.10. The molecular formula is C20H25N3O4S. The topological polar surface area (TPSA) is 82.3 Å². The normalized spacial score (nSPS) is 17.8. The number of fused-ring (bicyclic) bond motifs is 3. The number of hydrogen-bond donors (Lipinski definition) is 1. The first-order valence-electron chi connectivity index (χ1n) is 9.53. The molecule has 1 amide bonds. The highest BCUT2D eigenvalue weighted by Crippen LogP contribution is 2.35. The predicted molar refractivity (Wildman–Crippen MR) is 109 cm³/mol. The summed E-state index contributed by atoms with van der Waals surface area (Å²) in [7, 11) is -3.69. The number of carbonyl (C=O) groups excluding carboxylic acids is 1. The Bertz CT molecular complexity index is 1150. The quantitative estimate of drug-likeness (QED) is 0.710. The maximum Gasteiger partial charge on any atom is 0.269 e. The molecule has 0 unspecified atom stereocenters. The maximum atomic E-state index is 12.9. The Hall–Kier alpha value is -2.32. The summed E-state index contributed by atoms with van der Waals surface area (Å²) >= 11 is 0. The number of carbonyl (C=O) groups is 1. The molecule has 3 heterocycles. The minimum Gasteiger partial charge on any atom is -0.376 e. The van der Waals surface area contributed by atoms with Gasteiger partial charge in [0.15, 0.2) is 0 Å². The molecule has 1 aliphatic rings. The van der Waals surface area contributed by atoms with Gasteiger partial charge in [-0.05, 0) is 38.8 Å². The van der Waals surface area contributed by atoms with E-state index >= 15 is 0 Å². The molecule has 2 aromatic heterocycles. The number of nitrogens with one attached hydrogen (secondary N) is 1. The summed E-state index contributed by atoms with van der Waals surface area (Å²) in [5, 5.41) is 3.66. The van der Waals surface area contributed by atoms with Gasteiger partial charge in [-0.15, -0.1) is 0 Å². The van der Waals surface area contributed by atoms with Crippen molar-refractivity contribution in [3.05, 3.63) is 36.0 Å². The Labute approximate surface area is 164 Å². The number of amides is 1. The summed E-state index contributed by atoms with van der Waals surface area (Å²) in [5.41, 5.74) is 2.37. The van der Waals surface area contributed by atoms with Gasteiger partial charge in [0.2, 0.25) is 10.0 Å². The van der Waals surface area contributed by atoms with Gasteiger partial charge in [-0.2, -0.15) is 0 Å². The third-order valence-electron chi connectivity index (χ3n) is 5.21. The molecule has 1 N–H and O–H groups in total. The summed E-state index contributed by atoms with van der Waals surface area (Å²) in [6.07, 6.45) is 3.00. The van der Waals surface area contributed by atoms with Crippen LogP contribution in [0.3, 0.4) is 0 Å². The lowest BCUT2D eigenvalue weighted by Gasteiger charge is -2.12. The molecule has 0 spiro atoms. The number of nitrogens with zero attached hydrogens (tertiary/aromatic N) is 2. The zero-order valence-corrected chi connectivity index (χ0v) is 17.1. The largest absolute Gasteiger partial charge is 0.376 e. The van der Waals surface area contributed by atoms with E-state index in [1.165, 1.54) is 3.97 Å². The van der Waals surface area contributed by atoms with Crippen molar-refractivity contribution in [2.24, 2.45) is 0 Å². The maximum absolute atomic E-state index is 12.9. The third-order valence-corrected chi connectivity index (χ3v) is 6.25. The number of aromatic nitrogens is 2. The molecular weight excluding hydrogens is 378 g/mol. The van der Waals surface area contributed by atoms with Crippen molar-refractivity contribution in [1.29, 1.82) is 0 Å². The second-order valence-corrected chi connectivity index (χ2v) is 9.45. The average molecular weight is 404 g/mol. The van der Waals surface area contributed by atoms with Crippen LogP contribution >= 0.6 is 0 Å². The molecule has 28 heavy (non-hydrogen) atoms. The molecule has 1 saturated heterocycles. The van der Waals surface area contributed by atoms with Crippen molar-refractivity contribution in [3.63, 3.8) is 0 Å². The van der Waals surface area contributed by atoms with E-state index in [2.05, 4.69) is 9.88 Å². The van der Waals surface area contributed by atoms with Crippen molar-refractivity contribution in [3.8, 4) is 0 Å². The number of hydrogen-bond acceptors (Lipinski definition) is 4. The van der Waals surface area contributed by atoms with Crippen LogP contribution in [0.4, 0.5) is 0 Å². The molecule has 1 aromatic carbocycles. The van der Waals surface area contributed by atoms with E-state index in [0.29, 0.717) is 18.7 Å². The minimum atomic E-state index is -3.69. The van der Waals surface area contributed by atoms with Crippen LogP contribution in [0, 0.1) is 0 Å². The molecule has 1 atom stereocenters. The van der Waals surface area contributed by atoms with Gasteiger partial charge in [-0.1, -0.05) is 18.2 Å². The number of rotatable bonds is 5. The van der Waals surface area contributed by atoms with Crippen molar-refractivity contribution >= 4 is 37.9 Å². The Kier molecular flexibility index (Phi) is 4.71. The Balaban J connectivity index is 1.89. The molecule has 0 saturated carbocycles. The molecule has 8 heteroatoms. The second-order valence-electron chi connectivity index (χ2n) is 7.62. The molecule has 3 aromatic rings. The lowest BCUT2D eigenvalue weighted by Crippen LogP contribution is -2.33. The summed E-state index contributed by atoms with van der Waals surface area (Å²) in [4.78, 5) is 12.9. The monoisotopic (exact) mass is 403 g/mol. The van der Waals surface area contributed by atoms with E-state index in [0.717, 1.165) is 35.5 Å². The van der Waals surface area contributed by atoms with Crippen molar-refractivity contribution in [2.45, 2.75) is 38.8 Å². The molecule has 150 valence electrons. The van der Waals surface area contributed by atoms with E-state index in [4.69, 9.17) is 4.74 Å². The van der Waals surface area contributed by atoms with Gasteiger partial charge in [-0.25, -0.2) is 12.4 Å². The molecule has 0 radical (unpaired) electrons. The van der Waals surface area contributed by atoms with Crippen LogP contribution in [0.2, 0.25) is 0 Å². The van der Waals surface area contributed by atoms with Gasteiger partial charge >= 0.3 is 0 Å². The van der Waals surface area contributed by atoms with Gasteiger partial charge in [0.25, 0.3) is 5.91 Å². The second kappa shape index (κ2) is 6.93. The van der Waals surface area contributed by atoms with Crippen molar-refractivity contribution in [1.82, 2.24) is 13.9 Å². The highest BCUT2D eigenvalue weighted by Gasteiger charge is 2.27. The Morgan fingerprint density at radius 2 is 2.04 bits per heavy atom. The van der Waals surface area contributed by atoms with Crippen LogP contribution in [0.5, 0.6) is 0 Å². The number of benzene rings is 1. The fourth-order valence-corrected chi connectivity index (χ4v) is 5.10. The molecule has 1 fully saturated rings. The van der Waals surface area contributed by atoms with Crippen LogP contribution in [0.1, 0.15) is 43.2 Å². The lowest BCUT2D eigenvalue weighted by atomic mass is 10.2. The fourth-order valence-electron chi connectivity index (χ4n) is 4.09. The van der Waals surface area contributed by atoms with Gasteiger partial charge in [0.1, 0.15) is 5.69 Å². The van der Waals surface area contributed by atoms with E-state index in [1.54, 1.807) is 6.07 Å². The van der Waals surface area contributed by atoms with E-state index in [9.17, 15) is 13.2 Å². The van der Waals surface area contributed by atoms with E-state index in [1.807, 2.05) is 38.1 Å². The first-order valence-corrected chi connectivity index (χ1v) is 11.4. The number of ether oxygens (including phenoxy) is 1. The molecule has 1 aliphatic heterocycles. The standard InChI is InChI=1S/C20H25N3O4S/c1-13(2)22-16-9-5-4-8-15(16)19-17(22)11-18(23(19)28(3,25)26)20(24)21-12-14-7-6-10-27-14/h4-5,8-9,11,13-14H,6-7,10,12H2,1-3H3,(H,21,24)/t14-/m1/s1. The fraction of sp³-hybridized carbons (Fsp3) is 0.450. The Morgan fingerprint density at radius 3 is 2.68 bits per heavy atom. The summed E-state index contributed by atoms with van der Waals surface area (Å²) in [6.45, 7) is 5.17. The van der Waals surface area contributed by atoms with Crippen LogP contribution in [-0.4, -0.2) is 48.4 Å². The highest BCUT2D eigenvalue weighted by molar-refractivity contribution is 7.89. The van der Waals surface area contributed by atoms with Gasteiger partial charge in [-0.3, -0.25) is 4.79 Å². The van der Waals surface area contributed by atoms with Crippen molar-refractivity contribution < 1.29 is 17.9 Å². The summed E-state index contributed by atoms with van der Waals surface area (Å²) in [5.74, 6) is -0.406. The average Bonchev–Trinajstić information content (AvgIpc) is 3.32. The zero-order chi connectivity index (χ0) is 20.1. The minimum absolute atomic E-state index is 0.00895. The van der Waals surface area contributed by atoms with E-state index in [-0.39, 0.29) is 17.8 Å². The summed E-state index contributed by atoms with van der Waals surface area (Å²) in [6, 6.07) is 9.47.